The lowest BCUT2D eigenvalue weighted by atomic mass is 9.87. The lowest BCUT2D eigenvalue weighted by molar-refractivity contribution is -0.114. The van der Waals surface area contributed by atoms with Gasteiger partial charge in [-0.15, -0.1) is 0 Å². The molecule has 2 unspecified atom stereocenters. The van der Waals surface area contributed by atoms with Crippen LogP contribution in [0.15, 0.2) is 42.5 Å². The monoisotopic (exact) mass is 429 g/mol. The molecule has 2 atom stereocenters. The van der Waals surface area contributed by atoms with Gasteiger partial charge in [-0.1, -0.05) is 55.3 Å². The van der Waals surface area contributed by atoms with Crippen LogP contribution in [0.25, 0.3) is 0 Å². The molecule has 30 heavy (non-hydrogen) atoms. The van der Waals surface area contributed by atoms with Gasteiger partial charge in [0.1, 0.15) is 5.75 Å². The van der Waals surface area contributed by atoms with Crippen LogP contribution < -0.4 is 15.5 Å². The van der Waals surface area contributed by atoms with E-state index in [1.807, 2.05) is 23.2 Å². The van der Waals surface area contributed by atoms with Crippen molar-refractivity contribution in [1.82, 2.24) is 10.4 Å². The van der Waals surface area contributed by atoms with Crippen LogP contribution in [0.3, 0.4) is 0 Å². The van der Waals surface area contributed by atoms with E-state index in [0.29, 0.717) is 17.0 Å². The second-order valence-corrected chi connectivity index (χ2v) is 8.02. The van der Waals surface area contributed by atoms with Crippen LogP contribution in [0, 0.1) is 0 Å². The summed E-state index contributed by atoms with van der Waals surface area (Å²) in [6.45, 7) is 4.38. The number of hydrogen-bond acceptors (Lipinski definition) is 4. The van der Waals surface area contributed by atoms with Crippen molar-refractivity contribution >= 4 is 29.1 Å². The van der Waals surface area contributed by atoms with Crippen LogP contribution in [0.5, 0.6) is 5.75 Å². The molecule has 6 nitrogen and oxygen atoms in total. The standard InChI is InChI=1S/C23H28ClN3O3/c1-15(17-9-5-4-6-10-17)21-11-7-8-12-27(21)26-23(29)18-13-19(24)20(25-16(2)28)14-22(18)30-3/h4-6,9-10,13-15,21H,7-8,11-12H2,1-3H3,(H,25,28)(H,26,29). The largest absolute Gasteiger partial charge is 0.496 e. The predicted octanol–water partition coefficient (Wildman–Crippen LogP) is 4.61. The minimum atomic E-state index is -0.282. The van der Waals surface area contributed by atoms with E-state index in [1.165, 1.54) is 25.7 Å². The Hall–Kier alpha value is -2.57. The van der Waals surface area contributed by atoms with Gasteiger partial charge in [-0.3, -0.25) is 15.0 Å². The zero-order valence-corrected chi connectivity index (χ0v) is 18.3. The normalized spacial score (nSPS) is 17.8. The van der Waals surface area contributed by atoms with E-state index in [1.54, 1.807) is 6.07 Å². The zero-order valence-electron chi connectivity index (χ0n) is 17.6. The molecule has 160 valence electrons. The van der Waals surface area contributed by atoms with Gasteiger partial charge in [0, 0.05) is 25.6 Å². The summed E-state index contributed by atoms with van der Waals surface area (Å²) in [4.78, 5) is 24.5. The van der Waals surface area contributed by atoms with Crippen molar-refractivity contribution in [2.75, 3.05) is 19.0 Å². The number of nitrogens with zero attached hydrogens (tertiary/aromatic N) is 1. The summed E-state index contributed by atoms with van der Waals surface area (Å²) in [7, 11) is 1.48. The minimum absolute atomic E-state index is 0.199. The number of methoxy groups -OCH3 is 1. The maximum absolute atomic E-state index is 13.1. The number of anilines is 1. The number of carbonyl (C=O) groups is 2. The molecule has 0 spiro atoms. The van der Waals surface area contributed by atoms with Crippen molar-refractivity contribution < 1.29 is 14.3 Å². The number of benzene rings is 2. The van der Waals surface area contributed by atoms with E-state index in [-0.39, 0.29) is 28.8 Å². The molecule has 0 radical (unpaired) electrons. The van der Waals surface area contributed by atoms with E-state index < -0.39 is 0 Å². The number of ether oxygens (including phenoxy) is 1. The topological polar surface area (TPSA) is 70.7 Å². The first kappa shape index (κ1) is 22.1. The van der Waals surface area contributed by atoms with Gasteiger partial charge in [0.2, 0.25) is 5.91 Å². The molecule has 0 saturated carbocycles. The van der Waals surface area contributed by atoms with Crippen LogP contribution in [-0.2, 0) is 4.79 Å². The van der Waals surface area contributed by atoms with Gasteiger partial charge in [-0.2, -0.15) is 0 Å². The first-order valence-electron chi connectivity index (χ1n) is 10.2. The summed E-state index contributed by atoms with van der Waals surface area (Å²) in [5, 5.41) is 4.96. The van der Waals surface area contributed by atoms with Crippen molar-refractivity contribution in [3.8, 4) is 5.75 Å². The second-order valence-electron chi connectivity index (χ2n) is 7.61. The number of piperidine rings is 1. The fourth-order valence-corrected chi connectivity index (χ4v) is 4.18. The Balaban J connectivity index is 1.81. The van der Waals surface area contributed by atoms with Crippen molar-refractivity contribution in [3.63, 3.8) is 0 Å². The lowest BCUT2D eigenvalue weighted by Gasteiger charge is -2.39. The highest BCUT2D eigenvalue weighted by atomic mass is 35.5. The maximum atomic E-state index is 13.1. The van der Waals surface area contributed by atoms with Gasteiger partial charge in [-0.25, -0.2) is 5.01 Å². The molecule has 1 heterocycles. The van der Waals surface area contributed by atoms with Gasteiger partial charge >= 0.3 is 0 Å². The number of hydrogen-bond donors (Lipinski definition) is 2. The zero-order chi connectivity index (χ0) is 21.7. The summed E-state index contributed by atoms with van der Waals surface area (Å²) in [5.74, 6) is 0.0993. The molecule has 1 aliphatic rings. The molecule has 0 bridgehead atoms. The number of halogens is 1. The van der Waals surface area contributed by atoms with E-state index in [2.05, 4.69) is 29.8 Å². The Morgan fingerprint density at radius 2 is 1.93 bits per heavy atom. The van der Waals surface area contributed by atoms with Crippen LogP contribution in [0.4, 0.5) is 5.69 Å². The van der Waals surface area contributed by atoms with Crippen molar-refractivity contribution in [2.45, 2.75) is 45.1 Å². The molecule has 1 fully saturated rings. The second kappa shape index (κ2) is 9.96. The molecule has 7 heteroatoms. The van der Waals surface area contributed by atoms with Crippen molar-refractivity contribution in [2.24, 2.45) is 0 Å². The third-order valence-electron chi connectivity index (χ3n) is 5.54. The third kappa shape index (κ3) is 5.12. The molecule has 0 aromatic heterocycles. The number of nitrogens with one attached hydrogen (secondary N) is 2. The molecular weight excluding hydrogens is 402 g/mol. The van der Waals surface area contributed by atoms with E-state index in [4.69, 9.17) is 16.3 Å². The van der Waals surface area contributed by atoms with Gasteiger partial charge in [0.25, 0.3) is 5.91 Å². The van der Waals surface area contributed by atoms with Crippen molar-refractivity contribution in [1.29, 1.82) is 0 Å². The number of rotatable bonds is 6. The van der Waals surface area contributed by atoms with E-state index >= 15 is 0 Å². The minimum Gasteiger partial charge on any atom is -0.496 e. The Morgan fingerprint density at radius 1 is 1.20 bits per heavy atom. The van der Waals surface area contributed by atoms with Crippen LogP contribution in [-0.4, -0.2) is 36.5 Å². The number of carbonyl (C=O) groups excluding carboxylic acids is 2. The Kier molecular flexibility index (Phi) is 7.34. The fraction of sp³-hybridized carbons (Fsp3) is 0.391. The van der Waals surface area contributed by atoms with Gasteiger partial charge in [0.05, 0.1) is 23.4 Å². The summed E-state index contributed by atoms with van der Waals surface area (Å²) < 4.78 is 5.39. The van der Waals surface area contributed by atoms with Crippen LogP contribution in [0.1, 0.15) is 54.9 Å². The molecule has 1 aliphatic heterocycles. The van der Waals surface area contributed by atoms with E-state index in [0.717, 1.165) is 25.8 Å². The molecule has 1 saturated heterocycles. The highest BCUT2D eigenvalue weighted by Gasteiger charge is 2.30. The summed E-state index contributed by atoms with van der Waals surface area (Å²) >= 11 is 6.28. The first-order chi connectivity index (χ1) is 14.4. The molecule has 2 N–H and O–H groups in total. The summed E-state index contributed by atoms with van der Waals surface area (Å²) in [6, 6.07) is 13.6. The summed E-state index contributed by atoms with van der Waals surface area (Å²) in [6.07, 6.45) is 3.17. The lowest BCUT2D eigenvalue weighted by Crippen LogP contribution is -2.52. The maximum Gasteiger partial charge on any atom is 0.269 e. The average Bonchev–Trinajstić information content (AvgIpc) is 2.75. The SMILES string of the molecule is COc1cc(NC(C)=O)c(Cl)cc1C(=O)NN1CCCCC1C(C)c1ccccc1. The Bertz CT molecular complexity index is 904. The third-order valence-corrected chi connectivity index (χ3v) is 5.85. The quantitative estimate of drug-likeness (QED) is 0.703. The fourth-order valence-electron chi connectivity index (χ4n) is 3.97. The smallest absolute Gasteiger partial charge is 0.269 e. The van der Waals surface area contributed by atoms with Gasteiger partial charge in [0.15, 0.2) is 0 Å². The first-order valence-corrected chi connectivity index (χ1v) is 10.6. The highest BCUT2D eigenvalue weighted by molar-refractivity contribution is 6.34. The van der Waals surface area contributed by atoms with Crippen LogP contribution in [0.2, 0.25) is 5.02 Å². The predicted molar refractivity (Wildman–Crippen MR) is 119 cm³/mol. The van der Waals surface area contributed by atoms with Gasteiger partial charge < -0.3 is 10.1 Å². The molecule has 0 aliphatic carbocycles. The van der Waals surface area contributed by atoms with Crippen molar-refractivity contribution in [3.05, 3.63) is 58.6 Å². The Morgan fingerprint density at radius 3 is 2.60 bits per heavy atom. The van der Waals surface area contributed by atoms with E-state index in [9.17, 15) is 9.59 Å². The average molecular weight is 430 g/mol. The molecule has 2 aromatic carbocycles. The summed E-state index contributed by atoms with van der Waals surface area (Å²) in [5.41, 5.74) is 5.06. The molecule has 3 rings (SSSR count). The number of hydrazine groups is 1. The Labute approximate surface area is 182 Å². The molecule has 2 aromatic rings. The molecule has 2 amide bonds. The highest BCUT2D eigenvalue weighted by Crippen LogP contribution is 2.32. The molecular formula is C23H28ClN3O3. The van der Waals surface area contributed by atoms with Crippen LogP contribution >= 0.6 is 11.6 Å². The van der Waals surface area contributed by atoms with Gasteiger partial charge in [-0.05, 0) is 30.4 Å². The number of amides is 2.